The number of H-pyrrole nitrogens is 1. The molecular formula is C19H17N5O. The molecule has 1 unspecified atom stereocenters. The molecule has 4 heterocycles. The highest BCUT2D eigenvalue weighted by Gasteiger charge is 2.53. The molecule has 3 aromatic rings. The van der Waals surface area contributed by atoms with Crippen LogP contribution in [0, 0.1) is 0 Å². The van der Waals surface area contributed by atoms with Crippen molar-refractivity contribution in [2.24, 2.45) is 0 Å². The maximum atomic E-state index is 12.7. The highest BCUT2D eigenvalue weighted by molar-refractivity contribution is 5.97. The van der Waals surface area contributed by atoms with E-state index in [9.17, 15) is 4.79 Å². The van der Waals surface area contributed by atoms with E-state index in [1.807, 2.05) is 36.7 Å². The smallest absolute Gasteiger partial charge is 0.246 e. The molecule has 2 aromatic heterocycles. The number of carbonyl (C=O) groups excluding carboxylic acids is 1. The minimum absolute atomic E-state index is 0.0874. The van der Waals surface area contributed by atoms with Crippen LogP contribution in [-0.2, 0) is 11.2 Å². The third-order valence-electron chi connectivity index (χ3n) is 5.20. The Morgan fingerprint density at radius 3 is 2.72 bits per heavy atom. The summed E-state index contributed by atoms with van der Waals surface area (Å²) in [5, 5.41) is 9.79. The number of hydrogen-bond donors (Lipinski definition) is 2. The molecule has 6 heteroatoms. The Balaban J connectivity index is 1.61. The summed E-state index contributed by atoms with van der Waals surface area (Å²) in [6.45, 7) is 0.705. The summed E-state index contributed by atoms with van der Waals surface area (Å²) in [7, 11) is 0. The minimum atomic E-state index is -0.562. The number of anilines is 2. The number of amides is 1. The molecule has 2 N–H and O–H groups in total. The molecule has 1 atom stereocenters. The first-order chi connectivity index (χ1) is 12.3. The number of rotatable bonds is 2. The Kier molecular flexibility index (Phi) is 2.94. The number of benzene rings is 1. The molecule has 1 aromatic carbocycles. The van der Waals surface area contributed by atoms with Gasteiger partial charge in [0.1, 0.15) is 11.4 Å². The van der Waals surface area contributed by atoms with Crippen molar-refractivity contribution in [3.05, 3.63) is 60.6 Å². The van der Waals surface area contributed by atoms with E-state index in [1.165, 1.54) is 5.56 Å². The van der Waals surface area contributed by atoms with Crippen molar-refractivity contribution < 1.29 is 4.79 Å². The van der Waals surface area contributed by atoms with Gasteiger partial charge < -0.3 is 10.2 Å². The van der Waals surface area contributed by atoms with Crippen molar-refractivity contribution >= 4 is 17.4 Å². The van der Waals surface area contributed by atoms with Gasteiger partial charge in [0.15, 0.2) is 0 Å². The van der Waals surface area contributed by atoms with E-state index in [4.69, 9.17) is 0 Å². The molecular weight excluding hydrogens is 314 g/mol. The number of aromatic nitrogens is 3. The Bertz CT molecular complexity index is 935. The molecule has 1 amide bonds. The predicted molar refractivity (Wildman–Crippen MR) is 94.5 cm³/mol. The van der Waals surface area contributed by atoms with Gasteiger partial charge in [-0.05, 0) is 30.2 Å². The summed E-state index contributed by atoms with van der Waals surface area (Å²) in [6.07, 6.45) is 6.95. The normalized spacial score (nSPS) is 21.6. The summed E-state index contributed by atoms with van der Waals surface area (Å²) in [4.78, 5) is 19.5. The lowest BCUT2D eigenvalue weighted by atomic mass is 9.92. The second-order valence-electron chi connectivity index (χ2n) is 6.57. The largest absolute Gasteiger partial charge is 0.354 e. The molecule has 1 spiro atoms. The summed E-state index contributed by atoms with van der Waals surface area (Å²) in [5.41, 5.74) is 3.70. The molecule has 6 nitrogen and oxygen atoms in total. The number of para-hydroxylation sites is 1. The Morgan fingerprint density at radius 1 is 1.08 bits per heavy atom. The van der Waals surface area contributed by atoms with E-state index < -0.39 is 5.54 Å². The van der Waals surface area contributed by atoms with Crippen LogP contribution in [0.3, 0.4) is 0 Å². The summed E-state index contributed by atoms with van der Waals surface area (Å²) < 4.78 is 0. The standard InChI is InChI=1S/C19H17N5O/c25-18-19(7-8-20-18)9-13-3-1-2-4-16(13)24(19)17-6-5-14(10-21-17)15-11-22-23-12-15/h1-6,10-12H,7-9H2,(H,20,25)(H,22,23). The molecule has 1 saturated heterocycles. The van der Waals surface area contributed by atoms with Gasteiger partial charge >= 0.3 is 0 Å². The van der Waals surface area contributed by atoms with Crippen molar-refractivity contribution in [1.82, 2.24) is 20.5 Å². The van der Waals surface area contributed by atoms with Gasteiger partial charge in [-0.1, -0.05) is 18.2 Å². The minimum Gasteiger partial charge on any atom is -0.354 e. The molecule has 0 saturated carbocycles. The van der Waals surface area contributed by atoms with Crippen LogP contribution in [0.25, 0.3) is 11.1 Å². The SMILES string of the molecule is O=C1NCCC12Cc1ccccc1N2c1ccc(-c2cn[nH]c2)cn1. The third kappa shape index (κ3) is 2.00. The lowest BCUT2D eigenvalue weighted by Crippen LogP contribution is -2.50. The van der Waals surface area contributed by atoms with E-state index in [-0.39, 0.29) is 5.91 Å². The summed E-state index contributed by atoms with van der Waals surface area (Å²) >= 11 is 0. The monoisotopic (exact) mass is 331 g/mol. The maximum Gasteiger partial charge on any atom is 0.246 e. The molecule has 0 radical (unpaired) electrons. The first-order valence-corrected chi connectivity index (χ1v) is 8.40. The average molecular weight is 331 g/mol. The summed E-state index contributed by atoms with van der Waals surface area (Å²) in [5.74, 6) is 0.888. The van der Waals surface area contributed by atoms with Gasteiger partial charge in [-0.15, -0.1) is 0 Å². The quantitative estimate of drug-likeness (QED) is 0.756. The van der Waals surface area contributed by atoms with Crippen LogP contribution < -0.4 is 10.2 Å². The van der Waals surface area contributed by atoms with Crippen LogP contribution in [0.5, 0.6) is 0 Å². The molecule has 0 bridgehead atoms. The molecule has 0 aliphatic carbocycles. The number of nitrogens with zero attached hydrogens (tertiary/aromatic N) is 3. The number of carbonyl (C=O) groups is 1. The number of hydrogen-bond acceptors (Lipinski definition) is 4. The van der Waals surface area contributed by atoms with Crippen LogP contribution in [-0.4, -0.2) is 33.2 Å². The van der Waals surface area contributed by atoms with E-state index in [1.54, 1.807) is 6.20 Å². The van der Waals surface area contributed by atoms with Gasteiger partial charge in [0.25, 0.3) is 0 Å². The topological polar surface area (TPSA) is 73.9 Å². The Morgan fingerprint density at radius 2 is 2.00 bits per heavy atom. The highest BCUT2D eigenvalue weighted by Crippen LogP contribution is 2.46. The van der Waals surface area contributed by atoms with Crippen LogP contribution in [0.4, 0.5) is 11.5 Å². The van der Waals surface area contributed by atoms with E-state index in [0.29, 0.717) is 6.54 Å². The maximum absolute atomic E-state index is 12.7. The van der Waals surface area contributed by atoms with Gasteiger partial charge in [0.2, 0.25) is 5.91 Å². The predicted octanol–water partition coefficient (Wildman–Crippen LogP) is 2.42. The molecule has 1 fully saturated rings. The fraction of sp³-hybridized carbons (Fsp3) is 0.211. The number of aromatic amines is 1. The third-order valence-corrected chi connectivity index (χ3v) is 5.20. The summed E-state index contributed by atoms with van der Waals surface area (Å²) in [6, 6.07) is 12.2. The van der Waals surface area contributed by atoms with Gasteiger partial charge in [0, 0.05) is 42.2 Å². The number of fused-ring (bicyclic) bond motifs is 1. The Labute approximate surface area is 144 Å². The fourth-order valence-electron chi connectivity index (χ4n) is 3.99. The van der Waals surface area contributed by atoms with Crippen molar-refractivity contribution in [3.63, 3.8) is 0 Å². The van der Waals surface area contributed by atoms with Gasteiger partial charge in [-0.2, -0.15) is 5.10 Å². The average Bonchev–Trinajstić information content (AvgIpc) is 3.36. The van der Waals surface area contributed by atoms with Crippen LogP contribution in [0.2, 0.25) is 0 Å². The zero-order valence-electron chi connectivity index (χ0n) is 13.6. The molecule has 2 aliphatic heterocycles. The van der Waals surface area contributed by atoms with E-state index in [0.717, 1.165) is 35.5 Å². The lowest BCUT2D eigenvalue weighted by Gasteiger charge is -2.33. The van der Waals surface area contributed by atoms with Gasteiger partial charge in [-0.3, -0.25) is 9.89 Å². The van der Waals surface area contributed by atoms with Crippen molar-refractivity contribution in [1.29, 1.82) is 0 Å². The number of nitrogens with one attached hydrogen (secondary N) is 2. The zero-order valence-corrected chi connectivity index (χ0v) is 13.6. The molecule has 2 aliphatic rings. The van der Waals surface area contributed by atoms with Gasteiger partial charge in [-0.25, -0.2) is 4.98 Å². The first-order valence-electron chi connectivity index (χ1n) is 8.40. The van der Waals surface area contributed by atoms with Gasteiger partial charge in [0.05, 0.1) is 6.20 Å². The van der Waals surface area contributed by atoms with Crippen LogP contribution in [0.1, 0.15) is 12.0 Å². The zero-order chi connectivity index (χ0) is 16.9. The van der Waals surface area contributed by atoms with Crippen molar-refractivity contribution in [2.75, 3.05) is 11.4 Å². The molecule has 124 valence electrons. The van der Waals surface area contributed by atoms with Crippen molar-refractivity contribution in [2.45, 2.75) is 18.4 Å². The van der Waals surface area contributed by atoms with Crippen LogP contribution >= 0.6 is 0 Å². The second-order valence-corrected chi connectivity index (χ2v) is 6.57. The van der Waals surface area contributed by atoms with Crippen LogP contribution in [0.15, 0.2) is 55.0 Å². The fourth-order valence-corrected chi connectivity index (χ4v) is 3.99. The first kappa shape index (κ1) is 14.2. The number of pyridine rings is 1. The molecule has 25 heavy (non-hydrogen) atoms. The second kappa shape index (κ2) is 5.17. The lowest BCUT2D eigenvalue weighted by molar-refractivity contribution is -0.123. The molecule has 5 rings (SSSR count). The highest BCUT2D eigenvalue weighted by atomic mass is 16.2. The van der Waals surface area contributed by atoms with E-state index in [2.05, 4.69) is 37.5 Å². The Hall–Kier alpha value is -3.15. The van der Waals surface area contributed by atoms with Crippen molar-refractivity contribution in [3.8, 4) is 11.1 Å². The van der Waals surface area contributed by atoms with E-state index >= 15 is 0 Å².